The van der Waals surface area contributed by atoms with Gasteiger partial charge in [-0.1, -0.05) is 13.0 Å². The van der Waals surface area contributed by atoms with Crippen LogP contribution >= 0.6 is 0 Å². The second-order valence-electron chi connectivity index (χ2n) is 5.42. The molecule has 0 spiro atoms. The molecule has 84 valence electrons. The van der Waals surface area contributed by atoms with E-state index in [1.54, 1.807) is 7.11 Å². The maximum atomic E-state index is 10.1. The lowest BCUT2D eigenvalue weighted by Gasteiger charge is -2.45. The van der Waals surface area contributed by atoms with Gasteiger partial charge in [-0.05, 0) is 49.7 Å². The Labute approximate surface area is 91.6 Å². The van der Waals surface area contributed by atoms with Crippen LogP contribution in [0.3, 0.4) is 0 Å². The molecule has 3 atom stereocenters. The van der Waals surface area contributed by atoms with Crippen LogP contribution in [0.4, 0.5) is 0 Å². The molecule has 0 bridgehead atoms. The lowest BCUT2D eigenvalue weighted by molar-refractivity contribution is -0.0253. The number of rotatable bonds is 1. The molecule has 0 aliphatic heterocycles. The van der Waals surface area contributed by atoms with Gasteiger partial charge < -0.3 is 9.84 Å². The molecule has 2 rings (SSSR count). The van der Waals surface area contributed by atoms with Crippen LogP contribution < -0.4 is 0 Å². The quantitative estimate of drug-likeness (QED) is 0.718. The third-order valence-electron chi connectivity index (χ3n) is 3.94. The van der Waals surface area contributed by atoms with Gasteiger partial charge in [-0.25, -0.2) is 0 Å². The van der Waals surface area contributed by atoms with Crippen molar-refractivity contribution in [3.05, 3.63) is 24.0 Å². The van der Waals surface area contributed by atoms with Crippen molar-refractivity contribution in [2.75, 3.05) is 7.11 Å². The zero-order valence-electron chi connectivity index (χ0n) is 9.79. The summed E-state index contributed by atoms with van der Waals surface area (Å²) in [5, 5.41) is 10.1. The van der Waals surface area contributed by atoms with Gasteiger partial charge in [-0.2, -0.15) is 0 Å². The molecule has 15 heavy (non-hydrogen) atoms. The highest BCUT2D eigenvalue weighted by Gasteiger charge is 2.42. The highest BCUT2D eigenvalue weighted by molar-refractivity contribution is 5.26. The summed E-state index contributed by atoms with van der Waals surface area (Å²) < 4.78 is 5.25. The van der Waals surface area contributed by atoms with Crippen molar-refractivity contribution >= 4 is 0 Å². The minimum absolute atomic E-state index is 0.213. The van der Waals surface area contributed by atoms with Gasteiger partial charge in [-0.3, -0.25) is 0 Å². The molecular formula is C13H20O2. The standard InChI is InChI=1S/C13H20O2/c1-12-5-4-11(15-3)8-10(12)9-13(2,14)7-6-12/h4-5,8,10,14H,6-7,9H2,1-3H3/t10-,12-,13+/m0/s1. The molecule has 0 aromatic heterocycles. The van der Waals surface area contributed by atoms with E-state index >= 15 is 0 Å². The fourth-order valence-corrected chi connectivity index (χ4v) is 2.65. The fourth-order valence-electron chi connectivity index (χ4n) is 2.65. The summed E-state index contributed by atoms with van der Waals surface area (Å²) in [6.07, 6.45) is 9.23. The van der Waals surface area contributed by atoms with Crippen LogP contribution in [0.2, 0.25) is 0 Å². The monoisotopic (exact) mass is 208 g/mol. The van der Waals surface area contributed by atoms with Gasteiger partial charge in [0.2, 0.25) is 0 Å². The molecule has 0 heterocycles. The molecule has 0 radical (unpaired) electrons. The summed E-state index contributed by atoms with van der Waals surface area (Å²) in [4.78, 5) is 0. The predicted octanol–water partition coefficient (Wildman–Crippen LogP) is 2.64. The van der Waals surface area contributed by atoms with Crippen molar-refractivity contribution < 1.29 is 9.84 Å². The summed E-state index contributed by atoms with van der Waals surface area (Å²) in [7, 11) is 1.69. The molecule has 2 heteroatoms. The minimum Gasteiger partial charge on any atom is -0.497 e. The highest BCUT2D eigenvalue weighted by Crippen LogP contribution is 2.48. The van der Waals surface area contributed by atoms with E-state index in [0.717, 1.165) is 25.0 Å². The largest absolute Gasteiger partial charge is 0.497 e. The Bertz CT molecular complexity index is 314. The van der Waals surface area contributed by atoms with Gasteiger partial charge in [-0.15, -0.1) is 0 Å². The molecule has 0 saturated heterocycles. The van der Waals surface area contributed by atoms with Crippen LogP contribution in [0.25, 0.3) is 0 Å². The Kier molecular flexibility index (Phi) is 2.42. The summed E-state index contributed by atoms with van der Waals surface area (Å²) >= 11 is 0. The first kappa shape index (κ1) is 10.7. The molecule has 1 N–H and O–H groups in total. The number of methoxy groups -OCH3 is 1. The zero-order chi connectivity index (χ0) is 11.1. The summed E-state index contributed by atoms with van der Waals surface area (Å²) in [6.45, 7) is 4.21. The molecular weight excluding hydrogens is 188 g/mol. The third kappa shape index (κ3) is 1.96. The van der Waals surface area contributed by atoms with Crippen LogP contribution in [-0.2, 0) is 4.74 Å². The first-order chi connectivity index (χ1) is 6.95. The lowest BCUT2D eigenvalue weighted by atomic mass is 9.61. The van der Waals surface area contributed by atoms with Gasteiger partial charge >= 0.3 is 0 Å². The molecule has 1 fully saturated rings. The molecule has 2 aliphatic carbocycles. The maximum Gasteiger partial charge on any atom is 0.114 e. The van der Waals surface area contributed by atoms with Crippen molar-refractivity contribution in [3.63, 3.8) is 0 Å². The van der Waals surface area contributed by atoms with E-state index in [1.807, 2.05) is 6.92 Å². The lowest BCUT2D eigenvalue weighted by Crippen LogP contribution is -2.41. The van der Waals surface area contributed by atoms with E-state index in [2.05, 4.69) is 25.2 Å². The average molecular weight is 208 g/mol. The molecule has 0 amide bonds. The van der Waals surface area contributed by atoms with E-state index in [-0.39, 0.29) is 5.41 Å². The molecule has 2 aliphatic rings. The number of aliphatic hydroxyl groups is 1. The maximum absolute atomic E-state index is 10.1. The van der Waals surface area contributed by atoms with Crippen molar-refractivity contribution in [1.29, 1.82) is 0 Å². The van der Waals surface area contributed by atoms with Crippen molar-refractivity contribution in [3.8, 4) is 0 Å². The third-order valence-corrected chi connectivity index (χ3v) is 3.94. The zero-order valence-corrected chi connectivity index (χ0v) is 9.79. The van der Waals surface area contributed by atoms with Crippen LogP contribution in [0.5, 0.6) is 0 Å². The summed E-state index contributed by atoms with van der Waals surface area (Å²) in [5.74, 6) is 1.33. The number of ether oxygens (including phenoxy) is 1. The Hall–Kier alpha value is -0.760. The van der Waals surface area contributed by atoms with E-state index < -0.39 is 5.60 Å². The Morgan fingerprint density at radius 3 is 2.80 bits per heavy atom. The van der Waals surface area contributed by atoms with Gasteiger partial charge in [0, 0.05) is 0 Å². The van der Waals surface area contributed by atoms with Crippen molar-refractivity contribution in [2.45, 2.75) is 38.7 Å². The SMILES string of the molecule is COC1=C[C@H]2C[C@](C)(O)CC[C@]2(C)C=C1. The van der Waals surface area contributed by atoms with Crippen LogP contribution in [0.15, 0.2) is 24.0 Å². The number of hydrogen-bond acceptors (Lipinski definition) is 2. The predicted molar refractivity (Wildman–Crippen MR) is 60.3 cm³/mol. The topological polar surface area (TPSA) is 29.5 Å². The summed E-state index contributed by atoms with van der Waals surface area (Å²) in [6, 6.07) is 0. The van der Waals surface area contributed by atoms with Gasteiger partial charge in [0.25, 0.3) is 0 Å². The normalized spacial score (nSPS) is 44.5. The van der Waals surface area contributed by atoms with Crippen molar-refractivity contribution in [1.82, 2.24) is 0 Å². The van der Waals surface area contributed by atoms with Crippen LogP contribution in [0, 0.1) is 11.3 Å². The molecule has 0 aromatic carbocycles. The summed E-state index contributed by atoms with van der Waals surface area (Å²) in [5.41, 5.74) is -0.297. The van der Waals surface area contributed by atoms with E-state index in [0.29, 0.717) is 5.92 Å². The minimum atomic E-state index is -0.509. The molecule has 0 unspecified atom stereocenters. The van der Waals surface area contributed by atoms with Crippen LogP contribution in [0.1, 0.15) is 33.1 Å². The van der Waals surface area contributed by atoms with Gasteiger partial charge in [0.15, 0.2) is 0 Å². The first-order valence-corrected chi connectivity index (χ1v) is 5.63. The fraction of sp³-hybridized carbons (Fsp3) is 0.692. The number of allylic oxidation sites excluding steroid dienone is 3. The van der Waals surface area contributed by atoms with E-state index in [4.69, 9.17) is 4.74 Å². The van der Waals surface area contributed by atoms with Crippen LogP contribution in [-0.4, -0.2) is 17.8 Å². The molecule has 1 saturated carbocycles. The number of fused-ring (bicyclic) bond motifs is 1. The smallest absolute Gasteiger partial charge is 0.114 e. The second kappa shape index (κ2) is 3.38. The highest BCUT2D eigenvalue weighted by atomic mass is 16.5. The second-order valence-corrected chi connectivity index (χ2v) is 5.42. The van der Waals surface area contributed by atoms with Crippen molar-refractivity contribution in [2.24, 2.45) is 11.3 Å². The van der Waals surface area contributed by atoms with E-state index in [9.17, 15) is 5.11 Å². The molecule has 2 nitrogen and oxygen atoms in total. The van der Waals surface area contributed by atoms with E-state index in [1.165, 1.54) is 0 Å². The first-order valence-electron chi connectivity index (χ1n) is 5.63. The Balaban J connectivity index is 2.23. The molecule has 0 aromatic rings. The Morgan fingerprint density at radius 1 is 1.40 bits per heavy atom. The van der Waals surface area contributed by atoms with Gasteiger partial charge in [0.1, 0.15) is 5.76 Å². The Morgan fingerprint density at radius 2 is 2.13 bits per heavy atom. The average Bonchev–Trinajstić information content (AvgIpc) is 2.18. The number of hydrogen-bond donors (Lipinski definition) is 1. The van der Waals surface area contributed by atoms with Gasteiger partial charge in [0.05, 0.1) is 12.7 Å².